The quantitative estimate of drug-likeness (QED) is 0.176. The zero-order valence-corrected chi connectivity index (χ0v) is 31.1. The van der Waals surface area contributed by atoms with Crippen molar-refractivity contribution in [3.05, 3.63) is 194 Å². The van der Waals surface area contributed by atoms with Crippen LogP contribution >= 0.6 is 0 Å². The van der Waals surface area contributed by atoms with Crippen LogP contribution in [0.25, 0.3) is 83.3 Å². The fourth-order valence-corrected chi connectivity index (χ4v) is 8.47. The normalized spacial score (nSPS) is 12.2. The SMILES string of the molecule is c1ccc(-c2cccc(N3c4ccccc4Oc4cc(-c5ccc6oc7ccc(-c8ccc9c%10ccccc%10n(-c%10ccccc%10)c9c8)nc7c6n5)ccc43)c2)cc1. The predicted octanol–water partition coefficient (Wildman–Crippen LogP) is 14.0. The lowest BCUT2D eigenvalue weighted by molar-refractivity contribution is 0.477. The lowest BCUT2D eigenvalue weighted by Crippen LogP contribution is -2.15. The Balaban J connectivity index is 0.945. The van der Waals surface area contributed by atoms with Crippen molar-refractivity contribution < 1.29 is 9.15 Å². The summed E-state index contributed by atoms with van der Waals surface area (Å²) in [7, 11) is 0. The maximum atomic E-state index is 6.60. The van der Waals surface area contributed by atoms with Crippen molar-refractivity contribution >= 4 is 61.1 Å². The molecule has 6 nitrogen and oxygen atoms in total. The molecule has 0 amide bonds. The Morgan fingerprint density at radius 3 is 1.81 bits per heavy atom. The van der Waals surface area contributed by atoms with E-state index in [4.69, 9.17) is 19.1 Å². The van der Waals surface area contributed by atoms with E-state index >= 15 is 0 Å². The lowest BCUT2D eigenvalue weighted by Gasteiger charge is -2.33. The minimum atomic E-state index is 0.690. The average Bonchev–Trinajstić information content (AvgIpc) is 3.83. The fourth-order valence-electron chi connectivity index (χ4n) is 8.47. The van der Waals surface area contributed by atoms with Crippen molar-refractivity contribution in [2.24, 2.45) is 0 Å². The Labute approximate surface area is 333 Å². The Morgan fingerprint density at radius 2 is 1.00 bits per heavy atom. The summed E-state index contributed by atoms with van der Waals surface area (Å²) in [5, 5.41) is 2.42. The molecule has 0 aliphatic carbocycles. The number of nitrogens with zero attached hydrogens (tertiary/aromatic N) is 4. The van der Waals surface area contributed by atoms with E-state index in [9.17, 15) is 0 Å². The van der Waals surface area contributed by atoms with Crippen LogP contribution in [-0.2, 0) is 0 Å². The zero-order chi connectivity index (χ0) is 38.2. The van der Waals surface area contributed by atoms with Gasteiger partial charge in [-0.05, 0) is 96.1 Å². The average molecular weight is 745 g/mol. The largest absolute Gasteiger partial charge is 0.453 e. The highest BCUT2D eigenvalue weighted by Gasteiger charge is 2.27. The summed E-state index contributed by atoms with van der Waals surface area (Å²) < 4.78 is 15.2. The summed E-state index contributed by atoms with van der Waals surface area (Å²) in [4.78, 5) is 12.7. The first-order chi connectivity index (χ1) is 28.7. The van der Waals surface area contributed by atoms with E-state index in [1.54, 1.807) is 0 Å². The summed E-state index contributed by atoms with van der Waals surface area (Å²) >= 11 is 0. The molecule has 1 aliphatic heterocycles. The van der Waals surface area contributed by atoms with E-state index in [1.807, 2.05) is 48.5 Å². The van der Waals surface area contributed by atoms with E-state index in [0.717, 1.165) is 78.9 Å². The fraction of sp³-hybridized carbons (Fsp3) is 0. The third-order valence-electron chi connectivity index (χ3n) is 11.2. The number of para-hydroxylation sites is 4. The first-order valence-electron chi connectivity index (χ1n) is 19.4. The van der Waals surface area contributed by atoms with Crippen LogP contribution in [0.4, 0.5) is 17.1 Å². The molecule has 0 unspecified atom stereocenters. The molecule has 0 bridgehead atoms. The summed E-state index contributed by atoms with van der Waals surface area (Å²) in [6.45, 7) is 0. The molecule has 4 aromatic heterocycles. The number of fused-ring (bicyclic) bond motifs is 8. The molecule has 0 radical (unpaired) electrons. The van der Waals surface area contributed by atoms with Crippen molar-refractivity contribution in [1.82, 2.24) is 14.5 Å². The van der Waals surface area contributed by atoms with Crippen molar-refractivity contribution in [2.45, 2.75) is 0 Å². The Morgan fingerprint density at radius 1 is 0.379 bits per heavy atom. The van der Waals surface area contributed by atoms with Crippen LogP contribution in [0.3, 0.4) is 0 Å². The standard InChI is InChI=1S/C52H32N4O2/c1-3-12-33(13-4-1)34-14-11-17-38(30-34)56-44-20-9-10-21-47(44)57-50-32-36(23-27-45(50)56)42-26-29-49-52(54-42)51-48(58-49)28-25-41(53-51)35-22-24-40-39-18-7-8-19-43(39)55(46(40)31-35)37-15-5-2-6-16-37/h1-32H. The highest BCUT2D eigenvalue weighted by atomic mass is 16.5. The van der Waals surface area contributed by atoms with Gasteiger partial charge >= 0.3 is 0 Å². The molecule has 272 valence electrons. The molecule has 0 fully saturated rings. The Hall–Kier alpha value is -7.96. The number of benzene rings is 7. The molecule has 58 heavy (non-hydrogen) atoms. The number of hydrogen-bond donors (Lipinski definition) is 0. The monoisotopic (exact) mass is 744 g/mol. The van der Waals surface area contributed by atoms with E-state index < -0.39 is 0 Å². The predicted molar refractivity (Wildman–Crippen MR) is 235 cm³/mol. The number of pyridine rings is 2. The number of aromatic nitrogens is 3. The van der Waals surface area contributed by atoms with Gasteiger partial charge in [-0.2, -0.15) is 0 Å². The second kappa shape index (κ2) is 12.8. The minimum absolute atomic E-state index is 0.690. The van der Waals surface area contributed by atoms with E-state index in [2.05, 4.69) is 155 Å². The molecule has 0 saturated heterocycles. The van der Waals surface area contributed by atoms with Crippen LogP contribution in [0.15, 0.2) is 199 Å². The first kappa shape index (κ1) is 32.3. The molecule has 0 spiro atoms. The van der Waals surface area contributed by atoms with Crippen molar-refractivity contribution in [3.8, 4) is 50.8 Å². The number of hydrogen-bond acceptors (Lipinski definition) is 5. The van der Waals surface area contributed by atoms with Crippen LogP contribution < -0.4 is 9.64 Å². The summed E-state index contributed by atoms with van der Waals surface area (Å²) in [5.41, 5.74) is 15.2. The van der Waals surface area contributed by atoms with E-state index in [1.165, 1.54) is 21.9 Å². The van der Waals surface area contributed by atoms with Crippen LogP contribution in [-0.4, -0.2) is 14.5 Å². The van der Waals surface area contributed by atoms with Crippen molar-refractivity contribution in [3.63, 3.8) is 0 Å². The molecular weight excluding hydrogens is 713 g/mol. The third-order valence-corrected chi connectivity index (χ3v) is 11.2. The van der Waals surface area contributed by atoms with Gasteiger partial charge in [0.05, 0.1) is 33.8 Å². The summed E-state index contributed by atoms with van der Waals surface area (Å²) in [5.74, 6) is 1.55. The number of ether oxygens (including phenoxy) is 1. The van der Waals surface area contributed by atoms with Gasteiger partial charge in [0, 0.05) is 33.3 Å². The molecule has 6 heteroatoms. The number of anilines is 3. The van der Waals surface area contributed by atoms with Gasteiger partial charge in [-0.1, -0.05) is 109 Å². The van der Waals surface area contributed by atoms with E-state index in [0.29, 0.717) is 11.2 Å². The number of rotatable bonds is 5. The summed E-state index contributed by atoms with van der Waals surface area (Å²) in [6.07, 6.45) is 0. The Bertz CT molecular complexity index is 3390. The zero-order valence-electron chi connectivity index (χ0n) is 31.1. The maximum Gasteiger partial charge on any atom is 0.155 e. The molecule has 5 heterocycles. The summed E-state index contributed by atoms with van der Waals surface area (Å²) in [6, 6.07) is 67.3. The second-order valence-corrected chi connectivity index (χ2v) is 14.6. The molecule has 7 aromatic carbocycles. The molecule has 12 rings (SSSR count). The lowest BCUT2D eigenvalue weighted by atomic mass is 10.0. The minimum Gasteiger partial charge on any atom is -0.453 e. The Kier molecular flexibility index (Phi) is 7.13. The van der Waals surface area contributed by atoms with Crippen LogP contribution in [0.2, 0.25) is 0 Å². The van der Waals surface area contributed by atoms with Gasteiger partial charge in [-0.15, -0.1) is 0 Å². The van der Waals surface area contributed by atoms with Crippen LogP contribution in [0.1, 0.15) is 0 Å². The third kappa shape index (κ3) is 5.12. The molecule has 0 saturated carbocycles. The topological polar surface area (TPSA) is 56.3 Å². The highest BCUT2D eigenvalue weighted by molar-refractivity contribution is 6.10. The molecule has 1 aliphatic rings. The number of furan rings is 1. The van der Waals surface area contributed by atoms with Crippen molar-refractivity contribution in [2.75, 3.05) is 4.90 Å². The van der Waals surface area contributed by atoms with Gasteiger partial charge < -0.3 is 18.6 Å². The van der Waals surface area contributed by atoms with Crippen LogP contribution in [0.5, 0.6) is 11.5 Å². The van der Waals surface area contributed by atoms with Gasteiger partial charge in [0.15, 0.2) is 22.7 Å². The molecule has 11 aromatic rings. The van der Waals surface area contributed by atoms with Gasteiger partial charge in [-0.3, -0.25) is 0 Å². The van der Waals surface area contributed by atoms with Gasteiger partial charge in [0.1, 0.15) is 11.0 Å². The van der Waals surface area contributed by atoms with Crippen LogP contribution in [0, 0.1) is 0 Å². The molecule has 0 atom stereocenters. The molecular formula is C52H32N4O2. The van der Waals surface area contributed by atoms with Crippen molar-refractivity contribution in [1.29, 1.82) is 0 Å². The smallest absolute Gasteiger partial charge is 0.155 e. The highest BCUT2D eigenvalue weighted by Crippen LogP contribution is 2.51. The first-order valence-corrected chi connectivity index (χ1v) is 19.4. The molecule has 0 N–H and O–H groups in total. The van der Waals surface area contributed by atoms with Gasteiger partial charge in [-0.25, -0.2) is 9.97 Å². The second-order valence-electron chi connectivity index (χ2n) is 14.6. The van der Waals surface area contributed by atoms with E-state index in [-0.39, 0.29) is 0 Å². The van der Waals surface area contributed by atoms with Gasteiger partial charge in [0.2, 0.25) is 0 Å². The van der Waals surface area contributed by atoms with Gasteiger partial charge in [0.25, 0.3) is 0 Å². The maximum absolute atomic E-state index is 6.60.